The van der Waals surface area contributed by atoms with Crippen molar-refractivity contribution in [3.8, 4) is 16.3 Å². The number of aromatic nitrogens is 2. The highest BCUT2D eigenvalue weighted by Crippen LogP contribution is 2.32. The fraction of sp³-hybridized carbons (Fsp3) is 0.378. The number of likely N-dealkylation sites (tertiary alicyclic amines) is 1. The second-order valence-corrected chi connectivity index (χ2v) is 13.6. The Morgan fingerprint density at radius 2 is 1.66 bits per heavy atom. The van der Waals surface area contributed by atoms with E-state index in [4.69, 9.17) is 16.6 Å². The van der Waals surface area contributed by atoms with Crippen LogP contribution in [0.1, 0.15) is 90.3 Å². The number of rotatable bonds is 9. The van der Waals surface area contributed by atoms with Gasteiger partial charge in [0.1, 0.15) is 5.01 Å². The summed E-state index contributed by atoms with van der Waals surface area (Å²) in [5.41, 5.74) is 6.73. The molecule has 0 bridgehead atoms. The van der Waals surface area contributed by atoms with Crippen molar-refractivity contribution in [1.82, 2.24) is 14.5 Å². The number of para-hydroxylation sites is 1. The maximum atomic E-state index is 14.8. The van der Waals surface area contributed by atoms with E-state index in [1.54, 1.807) is 0 Å². The molecule has 1 amide bonds. The summed E-state index contributed by atoms with van der Waals surface area (Å²) in [5, 5.41) is 1.32. The first kappa shape index (κ1) is 31.9. The maximum absolute atomic E-state index is 14.8. The summed E-state index contributed by atoms with van der Waals surface area (Å²) in [7, 11) is 0. The Morgan fingerprint density at radius 3 is 2.27 bits per heavy atom. The highest BCUT2D eigenvalue weighted by Gasteiger charge is 2.28. The van der Waals surface area contributed by atoms with Crippen molar-refractivity contribution in [2.45, 2.75) is 73.1 Å². The number of nitrogens with zero attached hydrogens (tertiary/aromatic N) is 3. The predicted octanol–water partition coefficient (Wildman–Crippen LogP) is 9.04. The maximum Gasteiger partial charge on any atom is 0.265 e. The monoisotopic (exact) mass is 627 g/mol. The minimum absolute atomic E-state index is 0.0125. The van der Waals surface area contributed by atoms with Crippen LogP contribution in [0, 0.1) is 12.8 Å². The third-order valence-electron chi connectivity index (χ3n) is 8.33. The molecule has 1 saturated heterocycles. The summed E-state index contributed by atoms with van der Waals surface area (Å²) in [4.78, 5) is 37.0. The molecule has 0 spiro atoms. The Balaban J connectivity index is 1.75. The highest BCUT2D eigenvalue weighted by molar-refractivity contribution is 7.15. The molecule has 0 N–H and O–H groups in total. The van der Waals surface area contributed by atoms with Crippen molar-refractivity contribution < 1.29 is 4.79 Å². The number of hydrogen-bond donors (Lipinski definition) is 0. The molecule has 5 nitrogen and oxygen atoms in total. The number of thiazole rings is 1. The number of benzene rings is 2. The second kappa shape index (κ2) is 14.1. The summed E-state index contributed by atoms with van der Waals surface area (Å²) in [6.07, 6.45) is 9.32. The molecule has 7 heteroatoms. The van der Waals surface area contributed by atoms with Crippen LogP contribution in [0.15, 0.2) is 53.3 Å². The molecule has 2 aromatic carbocycles. The molecule has 1 fully saturated rings. The normalized spacial score (nSPS) is 13.8. The van der Waals surface area contributed by atoms with Gasteiger partial charge in [-0.1, -0.05) is 75.7 Å². The first-order valence-electron chi connectivity index (χ1n) is 15.8. The van der Waals surface area contributed by atoms with E-state index in [0.29, 0.717) is 27.6 Å². The molecule has 230 valence electrons. The molecule has 0 saturated carbocycles. The van der Waals surface area contributed by atoms with E-state index in [1.807, 2.05) is 58.9 Å². The van der Waals surface area contributed by atoms with Gasteiger partial charge in [0.05, 0.1) is 22.5 Å². The fourth-order valence-corrected chi connectivity index (χ4v) is 7.05. The minimum Gasteiger partial charge on any atom is -0.339 e. The zero-order chi connectivity index (χ0) is 31.4. The Kier molecular flexibility index (Phi) is 10.2. The lowest BCUT2D eigenvalue weighted by molar-refractivity contribution is 0.0722. The van der Waals surface area contributed by atoms with Gasteiger partial charge in [-0.2, -0.15) is 0 Å². The smallest absolute Gasteiger partial charge is 0.265 e. The Labute approximate surface area is 270 Å². The lowest BCUT2D eigenvalue weighted by Crippen LogP contribution is -2.38. The van der Waals surface area contributed by atoms with E-state index in [2.05, 4.69) is 45.9 Å². The van der Waals surface area contributed by atoms with Crippen molar-refractivity contribution >= 4 is 41.0 Å². The summed E-state index contributed by atoms with van der Waals surface area (Å²) in [6, 6.07) is 15.8. The molecule has 2 aromatic heterocycles. The molecular formula is C37H42ClN3O2S. The van der Waals surface area contributed by atoms with Crippen molar-refractivity contribution in [3.63, 3.8) is 0 Å². The van der Waals surface area contributed by atoms with Crippen LogP contribution in [0.4, 0.5) is 0 Å². The van der Waals surface area contributed by atoms with E-state index in [9.17, 15) is 9.59 Å². The molecule has 4 aromatic rings. The van der Waals surface area contributed by atoms with E-state index < -0.39 is 0 Å². The number of aryl methyl sites for hydroxylation is 3. The first-order valence-corrected chi connectivity index (χ1v) is 17.0. The van der Waals surface area contributed by atoms with Gasteiger partial charge in [-0.15, -0.1) is 11.3 Å². The van der Waals surface area contributed by atoms with Gasteiger partial charge in [-0.25, -0.2) is 4.98 Å². The standard InChI is InChI=1S/C37H42ClN3O2S/c1-6-27-12-11-13-28(7-2)34(27)41-33(22-24(3)4)30(36(42)40-20-9-8-10-21-40)23-31(37(41)43)35-39-32(25(5)44-35)19-16-26-14-17-29(38)18-15-26/h11-19,23-24H,6-10,20-22H2,1-5H3/b19-16+. The molecule has 1 aliphatic rings. The number of pyridine rings is 1. The van der Waals surface area contributed by atoms with Crippen LogP contribution in [0.2, 0.25) is 5.02 Å². The lowest BCUT2D eigenvalue weighted by atomic mass is 9.96. The average molecular weight is 628 g/mol. The summed E-state index contributed by atoms with van der Waals surface area (Å²) in [5.74, 6) is 0.267. The van der Waals surface area contributed by atoms with Crippen LogP contribution >= 0.6 is 22.9 Å². The molecule has 3 heterocycles. The molecule has 0 radical (unpaired) electrons. The van der Waals surface area contributed by atoms with Gasteiger partial charge in [0.2, 0.25) is 0 Å². The average Bonchev–Trinajstić information content (AvgIpc) is 3.40. The predicted molar refractivity (Wildman–Crippen MR) is 185 cm³/mol. The van der Waals surface area contributed by atoms with Gasteiger partial charge in [0.15, 0.2) is 0 Å². The number of halogens is 1. The van der Waals surface area contributed by atoms with Crippen LogP contribution in [0.25, 0.3) is 28.4 Å². The van der Waals surface area contributed by atoms with Gasteiger partial charge in [0.25, 0.3) is 11.5 Å². The van der Waals surface area contributed by atoms with Crippen molar-refractivity contribution in [3.05, 3.63) is 102 Å². The number of amides is 1. The van der Waals surface area contributed by atoms with E-state index in [-0.39, 0.29) is 17.4 Å². The largest absolute Gasteiger partial charge is 0.339 e. The molecule has 5 rings (SSSR count). The van der Waals surface area contributed by atoms with Crippen molar-refractivity contribution in [2.24, 2.45) is 5.92 Å². The fourth-order valence-electron chi connectivity index (χ4n) is 6.01. The molecule has 44 heavy (non-hydrogen) atoms. The number of hydrogen-bond acceptors (Lipinski definition) is 4. The van der Waals surface area contributed by atoms with Crippen molar-refractivity contribution in [1.29, 1.82) is 0 Å². The first-order chi connectivity index (χ1) is 21.2. The summed E-state index contributed by atoms with van der Waals surface area (Å²) in [6.45, 7) is 12.1. The van der Waals surface area contributed by atoms with Crippen molar-refractivity contribution in [2.75, 3.05) is 13.1 Å². The van der Waals surface area contributed by atoms with Crippen LogP contribution in [0.5, 0.6) is 0 Å². The number of piperidine rings is 1. The Hall–Kier alpha value is -3.48. The van der Waals surface area contributed by atoms with E-state index in [1.165, 1.54) is 11.3 Å². The SMILES string of the molecule is CCc1cccc(CC)c1-n1c(CC(C)C)c(C(=O)N2CCCCC2)cc(-c2nc(/C=C/c3ccc(Cl)cc3)c(C)s2)c1=O. The third kappa shape index (κ3) is 6.77. The van der Waals surface area contributed by atoms with Gasteiger partial charge in [0, 0.05) is 28.7 Å². The number of carbonyl (C=O) groups excluding carboxylic acids is 1. The van der Waals surface area contributed by atoms with Crippen LogP contribution < -0.4 is 5.56 Å². The second-order valence-electron chi connectivity index (χ2n) is 12.0. The van der Waals surface area contributed by atoms with Crippen LogP contribution in [-0.4, -0.2) is 33.4 Å². The van der Waals surface area contributed by atoms with Crippen LogP contribution in [-0.2, 0) is 19.3 Å². The molecular weight excluding hydrogens is 586 g/mol. The quantitative estimate of drug-likeness (QED) is 0.186. The Bertz CT molecular complexity index is 1700. The lowest BCUT2D eigenvalue weighted by Gasteiger charge is -2.29. The highest BCUT2D eigenvalue weighted by atomic mass is 35.5. The van der Waals surface area contributed by atoms with Gasteiger partial charge in [-0.3, -0.25) is 14.2 Å². The zero-order valence-corrected chi connectivity index (χ0v) is 28.0. The van der Waals surface area contributed by atoms with E-state index >= 15 is 0 Å². The summed E-state index contributed by atoms with van der Waals surface area (Å²) < 4.78 is 1.88. The van der Waals surface area contributed by atoms with E-state index in [0.717, 1.165) is 83.8 Å². The zero-order valence-electron chi connectivity index (χ0n) is 26.5. The molecule has 0 unspecified atom stereocenters. The Morgan fingerprint density at radius 1 is 1.00 bits per heavy atom. The molecule has 0 aliphatic carbocycles. The third-order valence-corrected chi connectivity index (χ3v) is 9.61. The van der Waals surface area contributed by atoms with Gasteiger partial charge < -0.3 is 4.90 Å². The summed E-state index contributed by atoms with van der Waals surface area (Å²) >= 11 is 7.56. The topological polar surface area (TPSA) is 55.2 Å². The number of carbonyl (C=O) groups is 1. The molecule has 0 atom stereocenters. The molecule has 1 aliphatic heterocycles. The van der Waals surface area contributed by atoms with Crippen LogP contribution in [0.3, 0.4) is 0 Å². The minimum atomic E-state index is -0.117. The van der Waals surface area contributed by atoms with Gasteiger partial charge in [-0.05, 0) is 92.3 Å². The van der Waals surface area contributed by atoms with Gasteiger partial charge >= 0.3 is 0 Å².